The highest BCUT2D eigenvalue weighted by molar-refractivity contribution is 5.91. The van der Waals surface area contributed by atoms with Gasteiger partial charge in [0.2, 0.25) is 0 Å². The normalized spacial score (nSPS) is 59.1. The number of fused-ring (bicyclic) bond motifs is 9. The Labute approximate surface area is 168 Å². The Morgan fingerprint density at radius 1 is 1.04 bits per heavy atom. The van der Waals surface area contributed by atoms with Gasteiger partial charge in [-0.05, 0) is 79.1 Å². The van der Waals surface area contributed by atoms with Crippen LogP contribution in [0.15, 0.2) is 11.6 Å². The van der Waals surface area contributed by atoms with E-state index in [1.165, 1.54) is 24.8 Å². The molecule has 3 heteroatoms. The van der Waals surface area contributed by atoms with E-state index in [1.54, 1.807) is 0 Å². The molecule has 5 fully saturated rings. The number of esters is 1. The molecule has 1 heterocycles. The van der Waals surface area contributed by atoms with Crippen LogP contribution < -0.4 is 0 Å². The SMILES string of the molecule is C[C@@H]1[C@H]2[C@@H]3[C@@H]4C[C@@H]4[C@@]4(CCC(=O)O4)[C@@]3(C)CC[C@@H]2[C@@]2(C)CCC(=O)C=C2[C@@H]1C. The van der Waals surface area contributed by atoms with Crippen LogP contribution in [-0.2, 0) is 14.3 Å². The highest BCUT2D eigenvalue weighted by atomic mass is 16.6. The van der Waals surface area contributed by atoms with Crippen LogP contribution in [0, 0.1) is 52.3 Å². The molecule has 28 heavy (non-hydrogen) atoms. The van der Waals surface area contributed by atoms with Gasteiger partial charge in [-0.3, -0.25) is 9.59 Å². The van der Waals surface area contributed by atoms with Crippen LogP contribution in [-0.4, -0.2) is 17.4 Å². The van der Waals surface area contributed by atoms with E-state index in [1.807, 2.05) is 6.08 Å². The van der Waals surface area contributed by atoms with Gasteiger partial charge in [0, 0.05) is 24.2 Å². The lowest BCUT2D eigenvalue weighted by atomic mass is 9.41. The van der Waals surface area contributed by atoms with Gasteiger partial charge in [-0.25, -0.2) is 0 Å². The summed E-state index contributed by atoms with van der Waals surface area (Å²) in [5.41, 5.74) is 1.64. The minimum absolute atomic E-state index is 0.0442. The van der Waals surface area contributed by atoms with Crippen molar-refractivity contribution in [2.75, 3.05) is 0 Å². The van der Waals surface area contributed by atoms with Crippen LogP contribution >= 0.6 is 0 Å². The van der Waals surface area contributed by atoms with Gasteiger partial charge in [0.1, 0.15) is 5.60 Å². The van der Waals surface area contributed by atoms with Crippen molar-refractivity contribution in [1.29, 1.82) is 0 Å². The number of ether oxygens (including phenoxy) is 1. The van der Waals surface area contributed by atoms with E-state index >= 15 is 0 Å². The monoisotopic (exact) mass is 382 g/mol. The molecule has 0 aromatic carbocycles. The first-order valence-electron chi connectivity index (χ1n) is 11.7. The van der Waals surface area contributed by atoms with Crippen molar-refractivity contribution < 1.29 is 14.3 Å². The van der Waals surface area contributed by atoms with Crippen molar-refractivity contribution in [3.8, 4) is 0 Å². The van der Waals surface area contributed by atoms with Crippen LogP contribution in [0.25, 0.3) is 0 Å². The summed E-state index contributed by atoms with van der Waals surface area (Å²) in [5.74, 6) is 4.93. The highest BCUT2D eigenvalue weighted by Crippen LogP contribution is 2.80. The van der Waals surface area contributed by atoms with E-state index in [9.17, 15) is 9.59 Å². The van der Waals surface area contributed by atoms with Crippen LogP contribution in [0.5, 0.6) is 0 Å². The molecule has 0 radical (unpaired) electrons. The van der Waals surface area contributed by atoms with Gasteiger partial charge in [0.05, 0.1) is 0 Å². The quantitative estimate of drug-likeness (QED) is 0.557. The molecule has 0 aromatic rings. The molecule has 6 rings (SSSR count). The smallest absolute Gasteiger partial charge is 0.306 e. The summed E-state index contributed by atoms with van der Waals surface area (Å²) >= 11 is 0. The molecule has 152 valence electrons. The van der Waals surface area contributed by atoms with Gasteiger partial charge >= 0.3 is 5.97 Å². The Morgan fingerprint density at radius 3 is 2.54 bits per heavy atom. The standard InChI is InChI=1S/C25H34O3/c1-13-14(2)21-17(23(3)8-5-15(26)11-18(13)23)6-9-24(4)22(21)16-12-19(16)25(24)10-7-20(27)28-25/h11,13-14,16-17,19,21-22H,5-10,12H2,1-4H3/t13-,14+,16-,17+,19+,21-,22+,23-,24+,25+/m1/s1. The number of allylic oxidation sites excluding steroid dienone is 1. The molecule has 0 amide bonds. The molecule has 0 bridgehead atoms. The molecule has 10 atom stereocenters. The third-order valence-electron chi connectivity index (χ3n) is 11.0. The largest absolute Gasteiger partial charge is 0.458 e. The zero-order valence-electron chi connectivity index (χ0n) is 17.8. The summed E-state index contributed by atoms with van der Waals surface area (Å²) in [6, 6.07) is 0. The molecular weight excluding hydrogens is 348 g/mol. The maximum Gasteiger partial charge on any atom is 0.306 e. The summed E-state index contributed by atoms with van der Waals surface area (Å²) < 4.78 is 6.23. The first-order chi connectivity index (χ1) is 13.2. The van der Waals surface area contributed by atoms with E-state index < -0.39 is 0 Å². The third kappa shape index (κ3) is 1.80. The topological polar surface area (TPSA) is 43.4 Å². The average molecular weight is 383 g/mol. The number of ketones is 1. The lowest BCUT2D eigenvalue weighted by Gasteiger charge is -2.63. The Balaban J connectivity index is 1.45. The molecule has 6 aliphatic rings. The summed E-state index contributed by atoms with van der Waals surface area (Å²) in [5, 5.41) is 0. The van der Waals surface area contributed by atoms with Crippen LogP contribution in [0.4, 0.5) is 0 Å². The third-order valence-corrected chi connectivity index (χ3v) is 11.0. The van der Waals surface area contributed by atoms with Gasteiger partial charge < -0.3 is 4.74 Å². The van der Waals surface area contributed by atoms with Crippen LogP contribution in [0.2, 0.25) is 0 Å². The Kier molecular flexibility index (Phi) is 3.25. The van der Waals surface area contributed by atoms with Crippen molar-refractivity contribution in [3.05, 3.63) is 11.6 Å². The number of rotatable bonds is 0. The fraction of sp³-hybridized carbons (Fsp3) is 0.840. The number of carbonyl (C=O) groups excluding carboxylic acids is 2. The van der Waals surface area contributed by atoms with Gasteiger partial charge in [-0.2, -0.15) is 0 Å². The fourth-order valence-electron chi connectivity index (χ4n) is 9.61. The van der Waals surface area contributed by atoms with Gasteiger partial charge in [-0.1, -0.05) is 33.3 Å². The zero-order valence-corrected chi connectivity index (χ0v) is 17.8. The van der Waals surface area contributed by atoms with Crippen molar-refractivity contribution >= 4 is 11.8 Å². The van der Waals surface area contributed by atoms with E-state index in [2.05, 4.69) is 27.7 Å². The van der Waals surface area contributed by atoms with E-state index in [4.69, 9.17) is 4.74 Å². The molecular formula is C25H34O3. The maximum absolute atomic E-state index is 12.2. The minimum atomic E-state index is -0.160. The predicted molar refractivity (Wildman–Crippen MR) is 106 cm³/mol. The Morgan fingerprint density at radius 2 is 1.82 bits per heavy atom. The van der Waals surface area contributed by atoms with E-state index in [0.29, 0.717) is 47.7 Å². The highest BCUT2D eigenvalue weighted by Gasteiger charge is 2.79. The first kappa shape index (κ1) is 17.7. The molecule has 1 saturated heterocycles. The average Bonchev–Trinajstić information content (AvgIpc) is 3.30. The summed E-state index contributed by atoms with van der Waals surface area (Å²) in [7, 11) is 0. The van der Waals surface area contributed by atoms with Crippen LogP contribution in [0.1, 0.15) is 72.6 Å². The van der Waals surface area contributed by atoms with Crippen LogP contribution in [0.3, 0.4) is 0 Å². The Hall–Kier alpha value is -1.12. The molecule has 3 nitrogen and oxygen atoms in total. The second-order valence-corrected chi connectivity index (χ2v) is 11.7. The molecule has 1 spiro atoms. The first-order valence-corrected chi connectivity index (χ1v) is 11.7. The fourth-order valence-corrected chi connectivity index (χ4v) is 9.61. The summed E-state index contributed by atoms with van der Waals surface area (Å²) in [4.78, 5) is 24.4. The molecule has 0 unspecified atom stereocenters. The minimum Gasteiger partial charge on any atom is -0.458 e. The van der Waals surface area contributed by atoms with Crippen molar-refractivity contribution in [3.63, 3.8) is 0 Å². The maximum atomic E-state index is 12.2. The molecule has 0 aromatic heterocycles. The zero-order chi connectivity index (χ0) is 19.6. The molecule has 0 N–H and O–H groups in total. The van der Waals surface area contributed by atoms with Gasteiger partial charge in [0.15, 0.2) is 5.78 Å². The van der Waals surface area contributed by atoms with E-state index in [-0.39, 0.29) is 22.4 Å². The molecule has 4 saturated carbocycles. The number of hydrogen-bond acceptors (Lipinski definition) is 3. The number of carbonyl (C=O) groups is 2. The predicted octanol–water partition coefficient (Wildman–Crippen LogP) is 4.94. The van der Waals surface area contributed by atoms with E-state index in [0.717, 1.165) is 25.2 Å². The summed E-state index contributed by atoms with van der Waals surface area (Å²) in [6.45, 7) is 9.78. The lowest BCUT2D eigenvalue weighted by molar-refractivity contribution is -0.181. The molecule has 1 aliphatic heterocycles. The van der Waals surface area contributed by atoms with Crippen molar-refractivity contribution in [2.45, 2.75) is 78.2 Å². The number of hydrogen-bond donors (Lipinski definition) is 0. The van der Waals surface area contributed by atoms with Gasteiger partial charge in [-0.15, -0.1) is 0 Å². The molecule has 5 aliphatic carbocycles. The Bertz CT molecular complexity index is 813. The van der Waals surface area contributed by atoms with Gasteiger partial charge in [0.25, 0.3) is 0 Å². The second kappa shape index (κ2) is 5.13. The lowest BCUT2D eigenvalue weighted by Crippen LogP contribution is -2.59. The summed E-state index contributed by atoms with van der Waals surface area (Å²) in [6.07, 6.45) is 9.07. The van der Waals surface area contributed by atoms with Crippen molar-refractivity contribution in [2.24, 2.45) is 52.3 Å². The van der Waals surface area contributed by atoms with Crippen molar-refractivity contribution in [1.82, 2.24) is 0 Å². The second-order valence-electron chi connectivity index (χ2n) is 11.7.